The molecule has 1 heterocycles. The number of amides is 1. The molecular weight excluding hydrogens is 457 g/mol. The zero-order valence-electron chi connectivity index (χ0n) is 18.5. The van der Waals surface area contributed by atoms with Crippen molar-refractivity contribution in [3.05, 3.63) is 113 Å². The van der Waals surface area contributed by atoms with Crippen molar-refractivity contribution in [2.24, 2.45) is 7.05 Å². The van der Waals surface area contributed by atoms with Crippen LogP contribution in [0.5, 0.6) is 0 Å². The number of hydrogen-bond acceptors (Lipinski definition) is 3. The molecule has 0 bridgehead atoms. The number of aliphatic hydroxyl groups is 1. The number of hydrogen-bond donors (Lipinski definition) is 2. The maximum absolute atomic E-state index is 13.7. The van der Waals surface area contributed by atoms with E-state index in [1.54, 1.807) is 48.5 Å². The Bertz CT molecular complexity index is 1420. The predicted molar refractivity (Wildman–Crippen MR) is 122 cm³/mol. The number of nitrogens with one attached hydrogen (secondary N) is 1. The van der Waals surface area contributed by atoms with E-state index in [0.717, 1.165) is 15.4 Å². The van der Waals surface area contributed by atoms with Gasteiger partial charge < -0.3 is 10.4 Å². The average molecular weight is 477 g/mol. The van der Waals surface area contributed by atoms with Crippen molar-refractivity contribution in [3.63, 3.8) is 0 Å². The standard InChI is InChI=1S/C26H19F3N4O2/c1-32-23(26(27,28)29)15-22(33(32)21-12-5-7-17(13-21)16-30)25(35)31-20-11-6-10-19(14-20)24(34)18-8-3-2-4-9-18/h2-15,24,34H,1H3/p+1. The second-order valence-corrected chi connectivity index (χ2v) is 7.80. The highest BCUT2D eigenvalue weighted by Crippen LogP contribution is 2.30. The molecule has 0 saturated heterocycles. The second-order valence-electron chi connectivity index (χ2n) is 7.80. The average Bonchev–Trinajstić information content (AvgIpc) is 3.22. The molecule has 1 atom stereocenters. The van der Waals surface area contributed by atoms with Gasteiger partial charge in [0.05, 0.1) is 24.7 Å². The molecule has 1 unspecified atom stereocenters. The third-order valence-corrected chi connectivity index (χ3v) is 5.47. The van der Waals surface area contributed by atoms with Crippen molar-refractivity contribution in [2.45, 2.75) is 12.3 Å². The highest BCUT2D eigenvalue weighted by Gasteiger charge is 2.42. The minimum atomic E-state index is -4.71. The Labute approximate surface area is 199 Å². The molecule has 2 N–H and O–H groups in total. The molecule has 4 rings (SSSR count). The molecule has 3 aromatic carbocycles. The molecule has 176 valence electrons. The van der Waals surface area contributed by atoms with Crippen LogP contribution in [-0.4, -0.2) is 15.7 Å². The molecule has 0 saturated carbocycles. The summed E-state index contributed by atoms with van der Waals surface area (Å²) in [7, 11) is 1.19. The number of aliphatic hydroxyl groups excluding tert-OH is 1. The van der Waals surface area contributed by atoms with E-state index in [4.69, 9.17) is 0 Å². The molecule has 0 aliphatic heterocycles. The van der Waals surface area contributed by atoms with Gasteiger partial charge in [0.15, 0.2) is 5.69 Å². The number of halogens is 3. The SMILES string of the molecule is Cn1c(C(F)(F)F)cc(C(=O)Nc2cccc(C(O)c3ccccc3)c2)[n+]1-c1cccc(C#N)c1. The maximum Gasteiger partial charge on any atom is 0.437 e. The molecule has 0 aliphatic carbocycles. The third-order valence-electron chi connectivity index (χ3n) is 5.47. The van der Waals surface area contributed by atoms with E-state index in [1.807, 2.05) is 12.1 Å². The van der Waals surface area contributed by atoms with Crippen LogP contribution in [0.15, 0.2) is 84.9 Å². The Morgan fingerprint density at radius 1 is 1.00 bits per heavy atom. The summed E-state index contributed by atoms with van der Waals surface area (Å²) in [5.41, 5.74) is 0.621. The smallest absolute Gasteiger partial charge is 0.384 e. The van der Waals surface area contributed by atoms with Gasteiger partial charge in [-0.2, -0.15) is 18.4 Å². The molecular formula is C26H20F3N4O2+. The first-order chi connectivity index (χ1) is 16.7. The number of alkyl halides is 3. The summed E-state index contributed by atoms with van der Waals surface area (Å²) >= 11 is 0. The van der Waals surface area contributed by atoms with Crippen molar-refractivity contribution >= 4 is 11.6 Å². The van der Waals surface area contributed by atoms with Crippen LogP contribution in [0.4, 0.5) is 18.9 Å². The Balaban J connectivity index is 1.72. The first-order valence-corrected chi connectivity index (χ1v) is 10.5. The maximum atomic E-state index is 13.7. The van der Waals surface area contributed by atoms with E-state index in [-0.39, 0.29) is 16.9 Å². The van der Waals surface area contributed by atoms with Gasteiger partial charge in [0.25, 0.3) is 0 Å². The van der Waals surface area contributed by atoms with Crippen LogP contribution in [0.2, 0.25) is 0 Å². The van der Waals surface area contributed by atoms with Crippen LogP contribution < -0.4 is 10.00 Å². The van der Waals surface area contributed by atoms with Crippen LogP contribution in [0.1, 0.15) is 39.0 Å². The van der Waals surface area contributed by atoms with Crippen molar-refractivity contribution in [1.29, 1.82) is 5.26 Å². The summed E-state index contributed by atoms with van der Waals surface area (Å²) in [4.78, 5) is 13.2. The zero-order valence-corrected chi connectivity index (χ0v) is 18.5. The third kappa shape index (κ3) is 4.93. The summed E-state index contributed by atoms with van der Waals surface area (Å²) in [5.74, 6) is -0.787. The lowest BCUT2D eigenvalue weighted by atomic mass is 10.0. The number of benzene rings is 3. The largest absolute Gasteiger partial charge is 0.437 e. The van der Waals surface area contributed by atoms with E-state index in [2.05, 4.69) is 5.32 Å². The Kier molecular flexibility index (Phi) is 6.40. The lowest BCUT2D eigenvalue weighted by Gasteiger charge is -2.13. The Morgan fingerprint density at radius 3 is 2.37 bits per heavy atom. The quantitative estimate of drug-likeness (QED) is 0.415. The van der Waals surface area contributed by atoms with Gasteiger partial charge in [0.2, 0.25) is 5.69 Å². The van der Waals surface area contributed by atoms with E-state index < -0.39 is 23.9 Å². The topological polar surface area (TPSA) is 81.9 Å². The van der Waals surface area contributed by atoms with Gasteiger partial charge in [-0.3, -0.25) is 4.79 Å². The summed E-state index contributed by atoms with van der Waals surface area (Å²) in [6.45, 7) is 0. The molecule has 35 heavy (non-hydrogen) atoms. The van der Waals surface area contributed by atoms with Gasteiger partial charge in [0, 0.05) is 17.8 Å². The first kappa shape index (κ1) is 23.7. The predicted octanol–water partition coefficient (Wildman–Crippen LogP) is 4.53. The van der Waals surface area contributed by atoms with Gasteiger partial charge in [-0.1, -0.05) is 53.2 Å². The molecule has 1 aromatic heterocycles. The molecule has 1 amide bonds. The lowest BCUT2D eigenvalue weighted by molar-refractivity contribution is -0.685. The molecule has 0 fully saturated rings. The van der Waals surface area contributed by atoms with Crippen LogP contribution in [0.3, 0.4) is 0 Å². The van der Waals surface area contributed by atoms with Crippen molar-refractivity contribution in [1.82, 2.24) is 4.68 Å². The second kappa shape index (κ2) is 9.44. The van der Waals surface area contributed by atoms with Gasteiger partial charge in [-0.15, -0.1) is 4.68 Å². The highest BCUT2D eigenvalue weighted by molar-refractivity contribution is 6.02. The van der Waals surface area contributed by atoms with E-state index >= 15 is 0 Å². The fourth-order valence-electron chi connectivity index (χ4n) is 3.81. The number of anilines is 1. The van der Waals surface area contributed by atoms with Gasteiger partial charge in [-0.25, -0.2) is 0 Å². The minimum Gasteiger partial charge on any atom is -0.384 e. The molecule has 0 radical (unpaired) electrons. The number of carbonyl (C=O) groups excluding carboxylic acids is 1. The lowest BCUT2D eigenvalue weighted by Crippen LogP contribution is -2.46. The van der Waals surface area contributed by atoms with E-state index in [0.29, 0.717) is 16.8 Å². The number of nitriles is 1. The fraction of sp³-hybridized carbons (Fsp3) is 0.115. The van der Waals surface area contributed by atoms with Crippen LogP contribution >= 0.6 is 0 Å². The first-order valence-electron chi connectivity index (χ1n) is 10.5. The number of nitrogens with zero attached hydrogens (tertiary/aromatic N) is 3. The fourth-order valence-corrected chi connectivity index (χ4v) is 3.81. The number of carbonyl (C=O) groups is 1. The molecule has 6 nitrogen and oxygen atoms in total. The monoisotopic (exact) mass is 477 g/mol. The molecule has 4 aromatic rings. The van der Waals surface area contributed by atoms with E-state index in [9.17, 15) is 28.3 Å². The van der Waals surface area contributed by atoms with Crippen LogP contribution in [0, 0.1) is 11.3 Å². The minimum absolute atomic E-state index is 0.223. The van der Waals surface area contributed by atoms with Crippen molar-refractivity contribution < 1.29 is 27.8 Å². The van der Waals surface area contributed by atoms with Gasteiger partial charge in [0.1, 0.15) is 6.10 Å². The van der Waals surface area contributed by atoms with Gasteiger partial charge >= 0.3 is 17.8 Å². The molecule has 0 aliphatic rings. The Morgan fingerprint density at radius 2 is 1.69 bits per heavy atom. The zero-order chi connectivity index (χ0) is 25.2. The van der Waals surface area contributed by atoms with E-state index in [1.165, 1.54) is 31.3 Å². The van der Waals surface area contributed by atoms with Gasteiger partial charge in [-0.05, 0) is 29.3 Å². The molecule has 9 heteroatoms. The molecule has 0 spiro atoms. The number of aromatic nitrogens is 2. The Hall–Kier alpha value is -4.42. The summed E-state index contributed by atoms with van der Waals surface area (Å²) in [6, 6.07) is 24.0. The highest BCUT2D eigenvalue weighted by atomic mass is 19.4. The summed E-state index contributed by atoms with van der Waals surface area (Å²) < 4.78 is 42.9. The summed E-state index contributed by atoms with van der Waals surface area (Å²) in [5, 5.41) is 22.5. The normalized spacial score (nSPS) is 12.1. The summed E-state index contributed by atoms with van der Waals surface area (Å²) in [6.07, 6.45) is -5.65. The van der Waals surface area contributed by atoms with Crippen LogP contribution in [-0.2, 0) is 13.2 Å². The van der Waals surface area contributed by atoms with Crippen LogP contribution in [0.25, 0.3) is 5.69 Å². The van der Waals surface area contributed by atoms with Crippen molar-refractivity contribution in [3.8, 4) is 11.8 Å². The number of rotatable bonds is 5. The van der Waals surface area contributed by atoms with Crippen molar-refractivity contribution in [2.75, 3.05) is 5.32 Å².